The van der Waals surface area contributed by atoms with Gasteiger partial charge in [0.1, 0.15) is 5.84 Å². The molecule has 0 aromatic carbocycles. The second kappa shape index (κ2) is 3.76. The van der Waals surface area contributed by atoms with Gasteiger partial charge < -0.3 is 16.0 Å². The molecule has 0 aromatic rings. The Hall–Kier alpha value is -0.770. The quantitative estimate of drug-likeness (QED) is 0.250. The summed E-state index contributed by atoms with van der Waals surface area (Å²) >= 11 is 0. The maximum Gasteiger partial charge on any atom is 0.142 e. The Morgan fingerprint density at radius 3 is 2.42 bits per heavy atom. The van der Waals surface area contributed by atoms with Gasteiger partial charge in [0.25, 0.3) is 0 Å². The van der Waals surface area contributed by atoms with E-state index in [4.69, 9.17) is 10.9 Å². The second-order valence-corrected chi connectivity index (χ2v) is 3.55. The summed E-state index contributed by atoms with van der Waals surface area (Å²) in [5, 5.41) is 21.1. The Bertz CT molecular complexity index is 174. The molecule has 1 aliphatic rings. The maximum absolute atomic E-state index is 9.90. The molecule has 0 radical (unpaired) electrons. The smallest absolute Gasteiger partial charge is 0.142 e. The minimum atomic E-state index is -0.714. The highest BCUT2D eigenvalue weighted by Crippen LogP contribution is 2.30. The molecular weight excluding hydrogens is 156 g/mol. The number of nitrogens with zero attached hydrogens (tertiary/aromatic N) is 1. The van der Waals surface area contributed by atoms with Crippen molar-refractivity contribution in [3.63, 3.8) is 0 Å². The number of aliphatic hydroxyl groups is 1. The van der Waals surface area contributed by atoms with E-state index >= 15 is 0 Å². The van der Waals surface area contributed by atoms with Crippen molar-refractivity contribution < 1.29 is 10.3 Å². The molecule has 4 nitrogen and oxygen atoms in total. The molecule has 0 spiro atoms. The molecule has 0 aromatic heterocycles. The Kier molecular flexibility index (Phi) is 2.92. The van der Waals surface area contributed by atoms with Crippen LogP contribution in [0.4, 0.5) is 0 Å². The zero-order valence-corrected chi connectivity index (χ0v) is 7.16. The molecule has 4 heteroatoms. The largest absolute Gasteiger partial charge is 0.409 e. The summed E-state index contributed by atoms with van der Waals surface area (Å²) in [5.74, 6) is 0.124. The van der Waals surface area contributed by atoms with Crippen LogP contribution in [0.3, 0.4) is 0 Å². The van der Waals surface area contributed by atoms with Gasteiger partial charge >= 0.3 is 0 Å². The summed E-state index contributed by atoms with van der Waals surface area (Å²) in [7, 11) is 0. The number of hydrogen-bond acceptors (Lipinski definition) is 3. The monoisotopic (exact) mass is 172 g/mol. The van der Waals surface area contributed by atoms with Gasteiger partial charge in [-0.3, -0.25) is 0 Å². The van der Waals surface area contributed by atoms with Crippen LogP contribution in [0.5, 0.6) is 0 Å². The first-order valence-corrected chi connectivity index (χ1v) is 4.35. The molecule has 4 N–H and O–H groups in total. The predicted molar refractivity (Wildman–Crippen MR) is 46.1 cm³/mol. The molecule has 12 heavy (non-hydrogen) atoms. The van der Waals surface area contributed by atoms with Crippen LogP contribution < -0.4 is 5.73 Å². The summed E-state index contributed by atoms with van der Waals surface area (Å²) in [6.07, 6.45) is 5.08. The Balaban J connectivity index is 2.46. The van der Waals surface area contributed by atoms with Gasteiger partial charge in [-0.25, -0.2) is 0 Å². The zero-order valence-electron chi connectivity index (χ0n) is 7.16. The van der Waals surface area contributed by atoms with E-state index in [0.29, 0.717) is 6.42 Å². The second-order valence-electron chi connectivity index (χ2n) is 3.55. The summed E-state index contributed by atoms with van der Waals surface area (Å²) < 4.78 is 0. The van der Waals surface area contributed by atoms with Crippen LogP contribution in [0.15, 0.2) is 5.16 Å². The lowest BCUT2D eigenvalue weighted by Gasteiger charge is -2.31. The van der Waals surface area contributed by atoms with Crippen LogP contribution in [-0.4, -0.2) is 21.8 Å². The third-order valence-electron chi connectivity index (χ3n) is 2.42. The lowest BCUT2D eigenvalue weighted by Crippen LogP contribution is -2.36. The number of rotatable bonds is 2. The number of oxime groups is 1. The molecule has 1 rings (SSSR count). The van der Waals surface area contributed by atoms with Crippen LogP contribution in [-0.2, 0) is 0 Å². The van der Waals surface area contributed by atoms with Crippen molar-refractivity contribution in [1.29, 1.82) is 0 Å². The summed E-state index contributed by atoms with van der Waals surface area (Å²) in [5.41, 5.74) is 4.62. The van der Waals surface area contributed by atoms with Gasteiger partial charge in [-0.05, 0) is 12.8 Å². The highest BCUT2D eigenvalue weighted by Gasteiger charge is 2.30. The highest BCUT2D eigenvalue weighted by atomic mass is 16.4. The lowest BCUT2D eigenvalue weighted by molar-refractivity contribution is 0.0102. The molecule has 1 saturated carbocycles. The Morgan fingerprint density at radius 1 is 1.33 bits per heavy atom. The van der Waals surface area contributed by atoms with E-state index in [0.717, 1.165) is 25.7 Å². The summed E-state index contributed by atoms with van der Waals surface area (Å²) in [6.45, 7) is 0. The van der Waals surface area contributed by atoms with Gasteiger partial charge in [-0.2, -0.15) is 0 Å². The van der Waals surface area contributed by atoms with E-state index in [9.17, 15) is 5.11 Å². The number of amidine groups is 1. The zero-order chi connectivity index (χ0) is 9.03. The molecule has 0 unspecified atom stereocenters. The van der Waals surface area contributed by atoms with Crippen LogP contribution in [0.25, 0.3) is 0 Å². The topological polar surface area (TPSA) is 78.8 Å². The normalized spacial score (nSPS) is 23.9. The maximum atomic E-state index is 9.90. The molecule has 0 amide bonds. The highest BCUT2D eigenvalue weighted by molar-refractivity contribution is 5.80. The standard InChI is InChI=1S/C8H16N2O2/c9-7(10-12)6-8(11)4-2-1-3-5-8/h11-12H,1-6H2,(H2,9,10). The van der Waals surface area contributed by atoms with Crippen molar-refractivity contribution >= 4 is 5.84 Å². The minimum absolute atomic E-state index is 0.124. The van der Waals surface area contributed by atoms with Gasteiger partial charge in [-0.1, -0.05) is 24.4 Å². The van der Waals surface area contributed by atoms with Gasteiger partial charge in [0, 0.05) is 6.42 Å². The first-order valence-electron chi connectivity index (χ1n) is 4.35. The third-order valence-corrected chi connectivity index (χ3v) is 2.42. The molecule has 70 valence electrons. The summed E-state index contributed by atoms with van der Waals surface area (Å²) in [6, 6.07) is 0. The average Bonchev–Trinajstić information content (AvgIpc) is 2.05. The lowest BCUT2D eigenvalue weighted by atomic mass is 9.82. The summed E-state index contributed by atoms with van der Waals surface area (Å²) in [4.78, 5) is 0. The van der Waals surface area contributed by atoms with Crippen LogP contribution >= 0.6 is 0 Å². The van der Waals surface area contributed by atoms with Gasteiger partial charge in [0.15, 0.2) is 0 Å². The molecule has 1 aliphatic carbocycles. The van der Waals surface area contributed by atoms with E-state index in [1.165, 1.54) is 6.42 Å². The Labute approximate surface area is 72.1 Å². The molecule has 0 atom stereocenters. The minimum Gasteiger partial charge on any atom is -0.409 e. The van der Waals surface area contributed by atoms with Crippen molar-refractivity contribution in [1.82, 2.24) is 0 Å². The van der Waals surface area contributed by atoms with Crippen molar-refractivity contribution in [2.24, 2.45) is 10.9 Å². The van der Waals surface area contributed by atoms with Gasteiger partial charge in [0.2, 0.25) is 0 Å². The molecule has 0 saturated heterocycles. The van der Waals surface area contributed by atoms with Crippen LogP contribution in [0.2, 0.25) is 0 Å². The SMILES string of the molecule is N/C(CC1(O)CCCCC1)=N/O. The van der Waals surface area contributed by atoms with Crippen molar-refractivity contribution in [3.8, 4) is 0 Å². The van der Waals surface area contributed by atoms with Crippen molar-refractivity contribution in [2.75, 3.05) is 0 Å². The van der Waals surface area contributed by atoms with E-state index in [1.54, 1.807) is 0 Å². The molecular formula is C8H16N2O2. The third kappa shape index (κ3) is 2.37. The van der Waals surface area contributed by atoms with Gasteiger partial charge in [0.05, 0.1) is 5.60 Å². The van der Waals surface area contributed by atoms with Crippen LogP contribution in [0.1, 0.15) is 38.5 Å². The fraction of sp³-hybridized carbons (Fsp3) is 0.875. The fourth-order valence-corrected chi connectivity index (χ4v) is 1.76. The van der Waals surface area contributed by atoms with Crippen molar-refractivity contribution in [3.05, 3.63) is 0 Å². The Morgan fingerprint density at radius 2 is 1.92 bits per heavy atom. The van der Waals surface area contributed by atoms with Gasteiger partial charge in [-0.15, -0.1) is 0 Å². The molecule has 0 bridgehead atoms. The van der Waals surface area contributed by atoms with Crippen molar-refractivity contribution in [2.45, 2.75) is 44.1 Å². The molecule has 0 heterocycles. The molecule has 0 aliphatic heterocycles. The average molecular weight is 172 g/mol. The van der Waals surface area contributed by atoms with E-state index < -0.39 is 5.60 Å². The molecule has 1 fully saturated rings. The van der Waals surface area contributed by atoms with E-state index in [-0.39, 0.29) is 5.84 Å². The van der Waals surface area contributed by atoms with E-state index in [2.05, 4.69) is 5.16 Å². The van der Waals surface area contributed by atoms with Crippen LogP contribution in [0, 0.1) is 0 Å². The fourth-order valence-electron chi connectivity index (χ4n) is 1.76. The first kappa shape index (κ1) is 9.32. The first-order chi connectivity index (χ1) is 5.66. The number of hydrogen-bond donors (Lipinski definition) is 3. The number of nitrogens with two attached hydrogens (primary N) is 1. The predicted octanol–water partition coefficient (Wildman–Crippen LogP) is 0.818. The van der Waals surface area contributed by atoms with E-state index in [1.807, 2.05) is 0 Å².